The minimum atomic E-state index is 0.760. The van der Waals surface area contributed by atoms with Crippen molar-refractivity contribution in [2.45, 2.75) is 39.0 Å². The van der Waals surface area contributed by atoms with Crippen molar-refractivity contribution in [2.24, 2.45) is 5.10 Å². The van der Waals surface area contributed by atoms with Crippen LogP contribution in [0, 0.1) is 0 Å². The zero-order valence-electron chi connectivity index (χ0n) is 12.5. The molecular weight excluding hydrogens is 270 g/mol. The van der Waals surface area contributed by atoms with Crippen LogP contribution >= 0.6 is 11.6 Å². The van der Waals surface area contributed by atoms with Gasteiger partial charge in [-0.2, -0.15) is 5.10 Å². The summed E-state index contributed by atoms with van der Waals surface area (Å²) in [7, 11) is 1.94. The van der Waals surface area contributed by atoms with Crippen molar-refractivity contribution < 1.29 is 0 Å². The van der Waals surface area contributed by atoms with Crippen LogP contribution in [0.3, 0.4) is 0 Å². The Hall–Kier alpha value is -1.22. The highest BCUT2D eigenvalue weighted by Crippen LogP contribution is 2.23. The Balaban J connectivity index is 2.28. The maximum absolute atomic E-state index is 6.15. The van der Waals surface area contributed by atoms with E-state index in [1.807, 2.05) is 25.2 Å². The fourth-order valence-corrected chi connectivity index (χ4v) is 2.79. The molecule has 0 saturated carbocycles. The van der Waals surface area contributed by atoms with Gasteiger partial charge in [-0.1, -0.05) is 31.4 Å². The minimum Gasteiger partial charge on any atom is -0.388 e. The predicted molar refractivity (Wildman–Crippen MR) is 87.9 cm³/mol. The Kier molecular flexibility index (Phi) is 5.72. The molecule has 1 heterocycles. The van der Waals surface area contributed by atoms with E-state index in [4.69, 9.17) is 16.7 Å². The van der Waals surface area contributed by atoms with Crippen LogP contribution < -0.4 is 5.32 Å². The fourth-order valence-electron chi connectivity index (χ4n) is 2.61. The van der Waals surface area contributed by atoms with Crippen molar-refractivity contribution in [3.63, 3.8) is 0 Å². The average molecular weight is 294 g/mol. The maximum Gasteiger partial charge on any atom is 0.0696 e. The van der Waals surface area contributed by atoms with Gasteiger partial charge in [-0.3, -0.25) is 5.01 Å². The molecule has 1 saturated heterocycles. The molecule has 0 aliphatic carbocycles. The van der Waals surface area contributed by atoms with Crippen LogP contribution in [-0.2, 0) is 0 Å². The molecule has 0 atom stereocenters. The quantitative estimate of drug-likeness (QED) is 0.835. The van der Waals surface area contributed by atoms with Crippen LogP contribution in [0.5, 0.6) is 0 Å². The molecule has 20 heavy (non-hydrogen) atoms. The van der Waals surface area contributed by atoms with Crippen LogP contribution in [0.25, 0.3) is 0 Å². The summed E-state index contributed by atoms with van der Waals surface area (Å²) < 4.78 is 0. The first kappa shape index (κ1) is 15.2. The van der Waals surface area contributed by atoms with Gasteiger partial charge in [0.15, 0.2) is 0 Å². The monoisotopic (exact) mass is 293 g/mol. The minimum absolute atomic E-state index is 0.760. The van der Waals surface area contributed by atoms with Gasteiger partial charge in [0.05, 0.1) is 5.71 Å². The molecule has 1 aliphatic rings. The second kappa shape index (κ2) is 7.53. The molecule has 1 fully saturated rings. The van der Waals surface area contributed by atoms with Gasteiger partial charge in [-0.25, -0.2) is 0 Å². The number of benzene rings is 1. The van der Waals surface area contributed by atoms with Gasteiger partial charge >= 0.3 is 0 Å². The number of anilines is 1. The second-order valence-corrected chi connectivity index (χ2v) is 5.64. The molecule has 1 aromatic rings. The lowest BCUT2D eigenvalue weighted by molar-refractivity contribution is 0.300. The molecule has 0 amide bonds. The second-order valence-electron chi connectivity index (χ2n) is 5.21. The van der Waals surface area contributed by atoms with E-state index in [0.717, 1.165) is 41.5 Å². The first-order valence-electron chi connectivity index (χ1n) is 7.54. The Bertz CT molecular complexity index is 463. The van der Waals surface area contributed by atoms with Crippen molar-refractivity contribution >= 4 is 23.0 Å². The number of hydrogen-bond acceptors (Lipinski definition) is 3. The molecule has 1 aromatic carbocycles. The molecule has 110 valence electrons. The maximum atomic E-state index is 6.15. The van der Waals surface area contributed by atoms with E-state index in [9.17, 15) is 0 Å². The summed E-state index contributed by atoms with van der Waals surface area (Å²) in [6.07, 6.45) is 6.05. The number of hydrogen-bond donors (Lipinski definition) is 1. The topological polar surface area (TPSA) is 27.6 Å². The summed E-state index contributed by atoms with van der Waals surface area (Å²) in [5, 5.41) is 11.1. The first-order valence-corrected chi connectivity index (χ1v) is 7.92. The van der Waals surface area contributed by atoms with E-state index in [2.05, 4.69) is 17.2 Å². The van der Waals surface area contributed by atoms with Crippen molar-refractivity contribution in [3.05, 3.63) is 28.8 Å². The lowest BCUT2D eigenvalue weighted by Gasteiger charge is -2.19. The predicted octanol–water partition coefficient (Wildman–Crippen LogP) is 4.37. The van der Waals surface area contributed by atoms with Crippen LogP contribution in [0.15, 0.2) is 23.3 Å². The molecule has 2 rings (SSSR count). The zero-order valence-corrected chi connectivity index (χ0v) is 13.2. The molecule has 4 heteroatoms. The summed E-state index contributed by atoms with van der Waals surface area (Å²) in [6.45, 7) is 4.29. The molecule has 0 radical (unpaired) electrons. The molecule has 1 N–H and O–H groups in total. The number of hydrazone groups is 1. The third kappa shape index (κ3) is 3.89. The number of halogens is 1. The third-order valence-corrected chi connectivity index (χ3v) is 3.98. The molecule has 0 bridgehead atoms. The van der Waals surface area contributed by atoms with Gasteiger partial charge in [0.2, 0.25) is 0 Å². The van der Waals surface area contributed by atoms with Crippen molar-refractivity contribution in [1.29, 1.82) is 0 Å². The smallest absolute Gasteiger partial charge is 0.0696 e. The Labute approximate surface area is 127 Å². The SMILES string of the molecule is CC/C(=N/N1CCCCCC1)c1cc(Cl)ccc1NC. The Morgan fingerprint density at radius 3 is 2.55 bits per heavy atom. The highest BCUT2D eigenvalue weighted by Gasteiger charge is 2.12. The van der Waals surface area contributed by atoms with E-state index in [-0.39, 0.29) is 0 Å². The third-order valence-electron chi connectivity index (χ3n) is 3.74. The lowest BCUT2D eigenvalue weighted by Crippen LogP contribution is -2.21. The van der Waals surface area contributed by atoms with Gasteiger partial charge in [0.1, 0.15) is 0 Å². The summed E-state index contributed by atoms with van der Waals surface area (Å²) in [5.41, 5.74) is 3.32. The zero-order chi connectivity index (χ0) is 14.4. The summed E-state index contributed by atoms with van der Waals surface area (Å²) >= 11 is 6.15. The van der Waals surface area contributed by atoms with E-state index < -0.39 is 0 Å². The van der Waals surface area contributed by atoms with Crippen molar-refractivity contribution in [3.8, 4) is 0 Å². The number of rotatable bonds is 4. The molecule has 0 unspecified atom stereocenters. The highest BCUT2D eigenvalue weighted by atomic mass is 35.5. The lowest BCUT2D eigenvalue weighted by atomic mass is 10.1. The van der Waals surface area contributed by atoms with E-state index in [1.54, 1.807) is 0 Å². The Morgan fingerprint density at radius 2 is 1.95 bits per heavy atom. The largest absolute Gasteiger partial charge is 0.388 e. The standard InChI is InChI=1S/C16H24ClN3/c1-3-15(19-20-10-6-4-5-7-11-20)14-12-13(17)8-9-16(14)18-2/h8-9,12,18H,3-7,10-11H2,1-2H3/b19-15-. The summed E-state index contributed by atoms with van der Waals surface area (Å²) in [4.78, 5) is 0. The normalized spacial score (nSPS) is 16.9. The van der Waals surface area contributed by atoms with E-state index >= 15 is 0 Å². The first-order chi connectivity index (χ1) is 9.74. The fraction of sp³-hybridized carbons (Fsp3) is 0.562. The van der Waals surface area contributed by atoms with Crippen molar-refractivity contribution in [2.75, 3.05) is 25.5 Å². The number of nitrogens with zero attached hydrogens (tertiary/aromatic N) is 2. The van der Waals surface area contributed by atoms with Crippen molar-refractivity contribution in [1.82, 2.24) is 5.01 Å². The van der Waals surface area contributed by atoms with Crippen LogP contribution in [0.2, 0.25) is 5.02 Å². The van der Waals surface area contributed by atoms with E-state index in [1.165, 1.54) is 25.7 Å². The molecule has 0 spiro atoms. The van der Waals surface area contributed by atoms with Gasteiger partial charge in [0.25, 0.3) is 0 Å². The average Bonchev–Trinajstić information content (AvgIpc) is 2.73. The molecule has 1 aliphatic heterocycles. The summed E-state index contributed by atoms with van der Waals surface area (Å²) in [6, 6.07) is 5.94. The van der Waals surface area contributed by atoms with E-state index in [0.29, 0.717) is 0 Å². The molecular formula is C16H24ClN3. The van der Waals surface area contributed by atoms with Gasteiger partial charge in [-0.05, 0) is 37.5 Å². The highest BCUT2D eigenvalue weighted by molar-refractivity contribution is 6.31. The Morgan fingerprint density at radius 1 is 1.25 bits per heavy atom. The number of nitrogens with one attached hydrogen (secondary N) is 1. The van der Waals surface area contributed by atoms with Gasteiger partial charge in [-0.15, -0.1) is 0 Å². The van der Waals surface area contributed by atoms with Gasteiger partial charge < -0.3 is 5.32 Å². The molecule has 3 nitrogen and oxygen atoms in total. The van der Waals surface area contributed by atoms with Crippen LogP contribution in [0.4, 0.5) is 5.69 Å². The molecule has 0 aromatic heterocycles. The van der Waals surface area contributed by atoms with Crippen LogP contribution in [-0.4, -0.2) is 30.9 Å². The van der Waals surface area contributed by atoms with Crippen LogP contribution in [0.1, 0.15) is 44.6 Å². The van der Waals surface area contributed by atoms with Gasteiger partial charge in [0, 0.05) is 36.4 Å². The summed E-state index contributed by atoms with van der Waals surface area (Å²) in [5.74, 6) is 0.